The zero-order chi connectivity index (χ0) is 13.9. The van der Waals surface area contributed by atoms with Crippen molar-refractivity contribution in [3.8, 4) is 11.8 Å². The van der Waals surface area contributed by atoms with Gasteiger partial charge in [0.05, 0.1) is 30.9 Å². The molecule has 0 aliphatic carbocycles. The SMILES string of the molecule is N#CCC(O)Cc1nc(C2COc3ccccc32)no1. The molecule has 0 spiro atoms. The number of aliphatic hydroxyl groups is 1. The molecule has 0 radical (unpaired) electrons. The van der Waals surface area contributed by atoms with Gasteiger partial charge < -0.3 is 14.4 Å². The lowest BCUT2D eigenvalue weighted by Gasteiger charge is -2.02. The van der Waals surface area contributed by atoms with Gasteiger partial charge in [-0.05, 0) is 6.07 Å². The van der Waals surface area contributed by atoms with E-state index in [9.17, 15) is 5.11 Å². The number of para-hydroxylation sites is 1. The molecule has 0 amide bonds. The molecule has 0 fully saturated rings. The third-order valence-corrected chi connectivity index (χ3v) is 3.23. The Balaban J connectivity index is 1.77. The molecule has 2 aromatic rings. The highest BCUT2D eigenvalue weighted by atomic mass is 16.5. The second-order valence-corrected chi connectivity index (χ2v) is 4.67. The van der Waals surface area contributed by atoms with Gasteiger partial charge in [0, 0.05) is 5.56 Å². The Hall–Kier alpha value is -2.39. The molecule has 1 N–H and O–H groups in total. The summed E-state index contributed by atoms with van der Waals surface area (Å²) in [5.41, 5.74) is 1.04. The van der Waals surface area contributed by atoms with Crippen LogP contribution in [0.2, 0.25) is 0 Å². The molecule has 2 heterocycles. The minimum absolute atomic E-state index is 0.0446. The second kappa shape index (κ2) is 5.31. The van der Waals surface area contributed by atoms with E-state index in [1.54, 1.807) is 0 Å². The van der Waals surface area contributed by atoms with E-state index in [0.29, 0.717) is 18.3 Å². The Labute approximate surface area is 115 Å². The molecule has 6 nitrogen and oxygen atoms in total. The number of rotatable bonds is 4. The Morgan fingerprint density at radius 1 is 1.45 bits per heavy atom. The van der Waals surface area contributed by atoms with Crippen LogP contribution in [-0.4, -0.2) is 28.0 Å². The fourth-order valence-electron chi connectivity index (χ4n) is 2.25. The van der Waals surface area contributed by atoms with Crippen LogP contribution in [0, 0.1) is 11.3 Å². The van der Waals surface area contributed by atoms with Crippen molar-refractivity contribution in [2.45, 2.75) is 24.9 Å². The highest BCUT2D eigenvalue weighted by molar-refractivity contribution is 5.42. The van der Waals surface area contributed by atoms with Crippen molar-refractivity contribution in [2.75, 3.05) is 6.61 Å². The van der Waals surface area contributed by atoms with Gasteiger partial charge in [-0.15, -0.1) is 0 Å². The van der Waals surface area contributed by atoms with E-state index in [0.717, 1.165) is 11.3 Å². The van der Waals surface area contributed by atoms with Crippen LogP contribution in [0.25, 0.3) is 0 Å². The smallest absolute Gasteiger partial charge is 0.229 e. The van der Waals surface area contributed by atoms with Crippen LogP contribution in [0.5, 0.6) is 5.75 Å². The number of hydrogen-bond acceptors (Lipinski definition) is 6. The molecule has 1 aromatic heterocycles. The predicted octanol–water partition coefficient (Wildman–Crippen LogP) is 1.41. The third-order valence-electron chi connectivity index (χ3n) is 3.23. The summed E-state index contributed by atoms with van der Waals surface area (Å²) in [5.74, 6) is 1.69. The van der Waals surface area contributed by atoms with Crippen LogP contribution >= 0.6 is 0 Å². The topological polar surface area (TPSA) is 92.2 Å². The van der Waals surface area contributed by atoms with E-state index in [2.05, 4.69) is 10.1 Å². The summed E-state index contributed by atoms with van der Waals surface area (Å²) in [5, 5.41) is 22.0. The number of aliphatic hydroxyl groups excluding tert-OH is 1. The van der Waals surface area contributed by atoms with Gasteiger partial charge in [-0.1, -0.05) is 23.4 Å². The number of ether oxygens (including phenoxy) is 1. The number of hydrogen-bond donors (Lipinski definition) is 1. The van der Waals surface area contributed by atoms with E-state index in [1.165, 1.54) is 0 Å². The molecule has 1 aliphatic heterocycles. The standard InChI is InChI=1S/C14H13N3O3/c15-6-5-9(18)7-13-16-14(17-20-13)11-8-19-12-4-2-1-3-10(11)12/h1-4,9,11,18H,5,7-8H2. The molecule has 1 aliphatic rings. The number of nitrogens with zero attached hydrogens (tertiary/aromatic N) is 3. The molecule has 0 bridgehead atoms. The van der Waals surface area contributed by atoms with E-state index < -0.39 is 6.10 Å². The van der Waals surface area contributed by atoms with Gasteiger partial charge in [-0.3, -0.25) is 0 Å². The highest BCUT2D eigenvalue weighted by Crippen LogP contribution is 2.36. The molecule has 0 saturated carbocycles. The monoisotopic (exact) mass is 271 g/mol. The van der Waals surface area contributed by atoms with Crippen LogP contribution in [-0.2, 0) is 6.42 Å². The van der Waals surface area contributed by atoms with Gasteiger partial charge in [0.25, 0.3) is 0 Å². The molecule has 1 aromatic carbocycles. The molecule has 3 rings (SSSR count). The number of nitriles is 1. The zero-order valence-electron chi connectivity index (χ0n) is 10.7. The highest BCUT2D eigenvalue weighted by Gasteiger charge is 2.29. The number of benzene rings is 1. The maximum Gasteiger partial charge on any atom is 0.229 e. The summed E-state index contributed by atoms with van der Waals surface area (Å²) in [6.07, 6.45) is -0.538. The van der Waals surface area contributed by atoms with E-state index in [-0.39, 0.29) is 18.8 Å². The fourth-order valence-corrected chi connectivity index (χ4v) is 2.25. The fraction of sp³-hybridized carbons (Fsp3) is 0.357. The molecule has 0 saturated heterocycles. The van der Waals surface area contributed by atoms with Gasteiger partial charge in [-0.25, -0.2) is 0 Å². The van der Waals surface area contributed by atoms with E-state index in [1.807, 2.05) is 30.3 Å². The molecular formula is C14H13N3O3. The van der Waals surface area contributed by atoms with Gasteiger partial charge in [0.2, 0.25) is 5.89 Å². The van der Waals surface area contributed by atoms with Crippen LogP contribution in [0.4, 0.5) is 0 Å². The number of fused-ring (bicyclic) bond motifs is 1. The van der Waals surface area contributed by atoms with E-state index >= 15 is 0 Å². The van der Waals surface area contributed by atoms with Crippen LogP contribution < -0.4 is 4.74 Å². The minimum Gasteiger partial charge on any atom is -0.492 e. The van der Waals surface area contributed by atoms with Crippen molar-refractivity contribution in [2.24, 2.45) is 0 Å². The van der Waals surface area contributed by atoms with Gasteiger partial charge in [0.15, 0.2) is 5.82 Å². The first kappa shape index (κ1) is 12.6. The van der Waals surface area contributed by atoms with Crippen LogP contribution in [0.3, 0.4) is 0 Å². The Bertz CT molecular complexity index is 647. The normalized spacial score (nSPS) is 18.1. The van der Waals surface area contributed by atoms with Crippen molar-refractivity contribution in [1.29, 1.82) is 5.26 Å². The lowest BCUT2D eigenvalue weighted by Crippen LogP contribution is -2.10. The minimum atomic E-state index is -0.777. The van der Waals surface area contributed by atoms with Gasteiger partial charge >= 0.3 is 0 Å². The average Bonchev–Trinajstić information content (AvgIpc) is 3.05. The van der Waals surface area contributed by atoms with E-state index in [4.69, 9.17) is 14.5 Å². The Morgan fingerprint density at radius 3 is 3.15 bits per heavy atom. The van der Waals surface area contributed by atoms with Crippen molar-refractivity contribution < 1.29 is 14.4 Å². The summed E-state index contributed by atoms with van der Waals surface area (Å²) in [7, 11) is 0. The molecule has 102 valence electrons. The van der Waals surface area contributed by atoms with Crippen LogP contribution in [0.15, 0.2) is 28.8 Å². The maximum absolute atomic E-state index is 9.56. The van der Waals surface area contributed by atoms with Gasteiger partial charge in [0.1, 0.15) is 12.4 Å². The second-order valence-electron chi connectivity index (χ2n) is 4.67. The number of aromatic nitrogens is 2. The first-order chi connectivity index (χ1) is 9.78. The summed E-state index contributed by atoms with van der Waals surface area (Å²) >= 11 is 0. The lowest BCUT2D eigenvalue weighted by molar-refractivity contribution is 0.167. The van der Waals surface area contributed by atoms with Gasteiger partial charge in [-0.2, -0.15) is 10.2 Å². The molecule has 2 atom stereocenters. The predicted molar refractivity (Wildman–Crippen MR) is 68.0 cm³/mol. The summed E-state index contributed by atoms with van der Waals surface area (Å²) in [6, 6.07) is 9.65. The molecular weight excluding hydrogens is 258 g/mol. The first-order valence-electron chi connectivity index (χ1n) is 6.37. The zero-order valence-corrected chi connectivity index (χ0v) is 10.7. The van der Waals surface area contributed by atoms with Crippen molar-refractivity contribution in [3.05, 3.63) is 41.5 Å². The van der Waals surface area contributed by atoms with Crippen molar-refractivity contribution >= 4 is 0 Å². The summed E-state index contributed by atoms with van der Waals surface area (Å²) < 4.78 is 10.7. The molecule has 2 unspecified atom stereocenters. The summed E-state index contributed by atoms with van der Waals surface area (Å²) in [6.45, 7) is 0.485. The van der Waals surface area contributed by atoms with Crippen molar-refractivity contribution in [3.63, 3.8) is 0 Å². The van der Waals surface area contributed by atoms with Crippen LogP contribution in [0.1, 0.15) is 29.6 Å². The van der Waals surface area contributed by atoms with Crippen molar-refractivity contribution in [1.82, 2.24) is 10.1 Å². The molecule has 6 heteroatoms. The first-order valence-corrected chi connectivity index (χ1v) is 6.37. The Kier molecular flexibility index (Phi) is 3.35. The third kappa shape index (κ3) is 2.36. The molecule has 20 heavy (non-hydrogen) atoms. The maximum atomic E-state index is 9.56. The summed E-state index contributed by atoms with van der Waals surface area (Å²) in [4.78, 5) is 4.29. The average molecular weight is 271 g/mol. The lowest BCUT2D eigenvalue weighted by atomic mass is 10.0. The Morgan fingerprint density at radius 2 is 2.30 bits per heavy atom. The largest absolute Gasteiger partial charge is 0.492 e. The quantitative estimate of drug-likeness (QED) is 0.903.